The maximum atomic E-state index is 14.8. The summed E-state index contributed by atoms with van der Waals surface area (Å²) < 4.78 is 75.3. The second-order valence-corrected chi connectivity index (χ2v) is 11.2. The number of anilines is 1. The number of rotatable bonds is 5. The quantitative estimate of drug-likeness (QED) is 0.432. The van der Waals surface area contributed by atoms with Crippen molar-refractivity contribution in [1.29, 1.82) is 0 Å². The van der Waals surface area contributed by atoms with Crippen LogP contribution in [0.3, 0.4) is 0 Å². The molecule has 0 radical (unpaired) electrons. The van der Waals surface area contributed by atoms with E-state index in [9.17, 15) is 22.0 Å². The Morgan fingerprint density at radius 3 is 2.09 bits per heavy atom. The molecule has 0 bridgehead atoms. The van der Waals surface area contributed by atoms with E-state index < -0.39 is 22.9 Å². The molecule has 1 fully saturated rings. The molecule has 0 N–H and O–H groups in total. The number of nitrogens with zero attached hydrogens (tertiary/aromatic N) is 1. The van der Waals surface area contributed by atoms with E-state index in [1.165, 1.54) is 5.56 Å². The van der Waals surface area contributed by atoms with Crippen molar-refractivity contribution >= 4 is 5.69 Å². The highest BCUT2D eigenvalue weighted by atomic mass is 19.3. The molecule has 1 aliphatic heterocycles. The maximum Gasteiger partial charge on any atom is 0.353 e. The van der Waals surface area contributed by atoms with E-state index in [-0.39, 0.29) is 11.8 Å². The van der Waals surface area contributed by atoms with Gasteiger partial charge in [0, 0.05) is 23.2 Å². The van der Waals surface area contributed by atoms with Crippen LogP contribution in [0.5, 0.6) is 5.75 Å². The molecule has 180 valence electrons. The smallest absolute Gasteiger partial charge is 0.353 e. The second-order valence-electron chi connectivity index (χ2n) is 11.2. The Labute approximate surface area is 191 Å². The molecule has 0 saturated heterocycles. The van der Waals surface area contributed by atoms with Gasteiger partial charge in [-0.05, 0) is 47.6 Å². The van der Waals surface area contributed by atoms with Crippen molar-refractivity contribution in [2.24, 2.45) is 10.8 Å². The van der Waals surface area contributed by atoms with Crippen LogP contribution in [0, 0.1) is 10.8 Å². The molecule has 0 spiro atoms. The fourth-order valence-corrected chi connectivity index (χ4v) is 4.92. The summed E-state index contributed by atoms with van der Waals surface area (Å²) in [7, 11) is 0. The van der Waals surface area contributed by atoms with Crippen LogP contribution in [-0.2, 0) is 19.4 Å². The van der Waals surface area contributed by atoms with Gasteiger partial charge in [0.2, 0.25) is 0 Å². The van der Waals surface area contributed by atoms with Crippen LogP contribution >= 0.6 is 0 Å². The minimum absolute atomic E-state index is 0.146. The van der Waals surface area contributed by atoms with Gasteiger partial charge < -0.3 is 9.64 Å². The number of ether oxygens (including phenoxy) is 1. The zero-order valence-electron chi connectivity index (χ0n) is 19.6. The number of benzene rings is 2. The highest BCUT2D eigenvalue weighted by molar-refractivity contribution is 5.52. The Hall–Kier alpha value is -2.31. The van der Waals surface area contributed by atoms with E-state index in [1.54, 1.807) is 18.2 Å². The van der Waals surface area contributed by atoms with Gasteiger partial charge in [0.1, 0.15) is 5.75 Å². The van der Waals surface area contributed by atoms with Crippen LogP contribution in [-0.4, -0.2) is 24.2 Å². The highest BCUT2D eigenvalue weighted by Crippen LogP contribution is 2.74. The Kier molecular flexibility index (Phi) is 5.30. The molecule has 0 unspecified atom stereocenters. The molecule has 0 atom stereocenters. The lowest BCUT2D eigenvalue weighted by molar-refractivity contribution is -0.0278. The lowest BCUT2D eigenvalue weighted by Crippen LogP contribution is -2.37. The van der Waals surface area contributed by atoms with Crippen molar-refractivity contribution in [2.75, 3.05) is 11.6 Å². The summed E-state index contributed by atoms with van der Waals surface area (Å²) in [5.41, 5.74) is -2.15. The zero-order valence-corrected chi connectivity index (χ0v) is 19.6. The van der Waals surface area contributed by atoms with Gasteiger partial charge in [-0.25, -0.2) is 4.39 Å². The first kappa shape index (κ1) is 23.8. The second kappa shape index (κ2) is 7.34. The third kappa shape index (κ3) is 3.77. The predicted molar refractivity (Wildman–Crippen MR) is 119 cm³/mol. The predicted octanol–water partition coefficient (Wildman–Crippen LogP) is 7.19. The SMILES string of the molecule is CC(C)(C)Cc1ccc2c(c1)CN(c1cccc(CC(C)(C)C3(F)C(F)(F)C3(F)F)c1)CO2. The van der Waals surface area contributed by atoms with E-state index in [0.717, 1.165) is 37.3 Å². The summed E-state index contributed by atoms with van der Waals surface area (Å²) in [4.78, 5) is 1.98. The van der Waals surface area contributed by atoms with E-state index in [4.69, 9.17) is 4.74 Å². The molecule has 2 aromatic carbocycles. The van der Waals surface area contributed by atoms with Gasteiger partial charge in [-0.1, -0.05) is 58.9 Å². The molecule has 2 nitrogen and oxygen atoms in total. The largest absolute Gasteiger partial charge is 0.473 e. The van der Waals surface area contributed by atoms with E-state index in [1.807, 2.05) is 17.0 Å². The van der Waals surface area contributed by atoms with Crippen LogP contribution in [0.2, 0.25) is 0 Å². The minimum Gasteiger partial charge on any atom is -0.473 e. The van der Waals surface area contributed by atoms with Gasteiger partial charge in [0.25, 0.3) is 5.67 Å². The van der Waals surface area contributed by atoms with Gasteiger partial charge in [0.15, 0.2) is 6.73 Å². The number of hydrogen-bond donors (Lipinski definition) is 0. The lowest BCUT2D eigenvalue weighted by Gasteiger charge is -2.32. The number of alkyl halides is 5. The molecule has 4 rings (SSSR count). The van der Waals surface area contributed by atoms with E-state index in [2.05, 4.69) is 32.9 Å². The van der Waals surface area contributed by atoms with Crippen molar-refractivity contribution < 1.29 is 26.7 Å². The number of halogens is 5. The maximum absolute atomic E-state index is 14.8. The Morgan fingerprint density at radius 1 is 0.848 bits per heavy atom. The fourth-order valence-electron chi connectivity index (χ4n) is 4.92. The van der Waals surface area contributed by atoms with Gasteiger partial charge in [-0.15, -0.1) is 0 Å². The fraction of sp³-hybridized carbons (Fsp3) is 0.538. The molecule has 0 aromatic heterocycles. The van der Waals surface area contributed by atoms with Crippen molar-refractivity contribution in [2.45, 2.75) is 71.5 Å². The van der Waals surface area contributed by atoms with Crippen LogP contribution < -0.4 is 9.64 Å². The zero-order chi connectivity index (χ0) is 24.4. The average Bonchev–Trinajstić information content (AvgIpc) is 3.03. The van der Waals surface area contributed by atoms with Crippen LogP contribution in [0.15, 0.2) is 42.5 Å². The first-order chi connectivity index (χ1) is 15.1. The third-order valence-electron chi connectivity index (χ3n) is 6.65. The Morgan fingerprint density at radius 2 is 1.48 bits per heavy atom. The van der Waals surface area contributed by atoms with Crippen molar-refractivity contribution in [3.8, 4) is 5.75 Å². The van der Waals surface area contributed by atoms with Crippen molar-refractivity contribution in [3.63, 3.8) is 0 Å². The molecular weight excluding hydrogens is 437 g/mol. The summed E-state index contributed by atoms with van der Waals surface area (Å²) in [5, 5.41) is 0. The monoisotopic (exact) mass is 467 g/mol. The number of hydrogen-bond acceptors (Lipinski definition) is 2. The minimum atomic E-state index is -4.66. The summed E-state index contributed by atoms with van der Waals surface area (Å²) in [6, 6.07) is 13.1. The number of fused-ring (bicyclic) bond motifs is 1. The molecule has 1 heterocycles. The topological polar surface area (TPSA) is 12.5 Å². The third-order valence-corrected chi connectivity index (χ3v) is 6.65. The summed E-state index contributed by atoms with van der Waals surface area (Å²) in [6.07, 6.45) is 0.675. The highest BCUT2D eigenvalue weighted by Gasteiger charge is 3.01. The van der Waals surface area contributed by atoms with Gasteiger partial charge in [0.05, 0.1) is 0 Å². The standard InChI is InChI=1S/C26H30F5NO/c1-22(2,3)13-18-9-10-21-19(11-18)15-32(16-33-21)20-8-6-7-17(12-20)14-23(4,5)24(27)25(28,29)26(24,30)31/h6-12H,13-16H2,1-5H3. The summed E-state index contributed by atoms with van der Waals surface area (Å²) in [5.74, 6) is -8.49. The first-order valence-electron chi connectivity index (χ1n) is 11.1. The lowest BCUT2D eigenvalue weighted by atomic mass is 9.78. The molecule has 2 aliphatic rings. The molecule has 1 saturated carbocycles. The first-order valence-corrected chi connectivity index (χ1v) is 11.1. The van der Waals surface area contributed by atoms with Gasteiger partial charge in [-0.3, -0.25) is 0 Å². The average molecular weight is 468 g/mol. The van der Waals surface area contributed by atoms with Gasteiger partial charge >= 0.3 is 11.8 Å². The van der Waals surface area contributed by atoms with Crippen LogP contribution in [0.25, 0.3) is 0 Å². The summed E-state index contributed by atoms with van der Waals surface area (Å²) in [6.45, 7) is 9.67. The van der Waals surface area contributed by atoms with E-state index in [0.29, 0.717) is 18.8 Å². The Balaban J connectivity index is 1.53. The molecular formula is C26H30F5NO. The normalized spacial score (nSPS) is 20.7. The molecule has 7 heteroatoms. The van der Waals surface area contributed by atoms with E-state index >= 15 is 0 Å². The molecule has 33 heavy (non-hydrogen) atoms. The summed E-state index contributed by atoms with van der Waals surface area (Å²) >= 11 is 0. The van der Waals surface area contributed by atoms with Crippen molar-refractivity contribution in [3.05, 3.63) is 59.2 Å². The molecule has 0 amide bonds. The van der Waals surface area contributed by atoms with Crippen LogP contribution in [0.1, 0.15) is 51.3 Å². The molecule has 1 aliphatic carbocycles. The van der Waals surface area contributed by atoms with Gasteiger partial charge in [-0.2, -0.15) is 17.6 Å². The molecule has 2 aromatic rings. The van der Waals surface area contributed by atoms with Crippen molar-refractivity contribution in [1.82, 2.24) is 0 Å². The van der Waals surface area contributed by atoms with Crippen LogP contribution in [0.4, 0.5) is 27.6 Å². The Bertz CT molecular complexity index is 1040.